The average Bonchev–Trinajstić information content (AvgIpc) is 3.09. The van der Waals surface area contributed by atoms with Crippen LogP contribution < -0.4 is 9.54 Å². The molecule has 0 radical (unpaired) electrons. The normalized spacial score (nSPS) is 11.4. The summed E-state index contributed by atoms with van der Waals surface area (Å²) < 4.78 is 7.17. The molecule has 0 aliphatic heterocycles. The Morgan fingerprint density at radius 1 is 1.22 bits per heavy atom. The van der Waals surface area contributed by atoms with E-state index in [4.69, 9.17) is 16.3 Å². The van der Waals surface area contributed by atoms with Crippen molar-refractivity contribution in [1.29, 1.82) is 0 Å². The van der Waals surface area contributed by atoms with Crippen molar-refractivity contribution in [2.24, 2.45) is 4.99 Å². The van der Waals surface area contributed by atoms with Gasteiger partial charge in [0.2, 0.25) is 0 Å². The fourth-order valence-electron chi connectivity index (χ4n) is 2.27. The van der Waals surface area contributed by atoms with Gasteiger partial charge in [0, 0.05) is 28.7 Å². The molecule has 2 aromatic carbocycles. The molecule has 0 saturated carbocycles. The Balaban J connectivity index is 1.66. The van der Waals surface area contributed by atoms with Gasteiger partial charge in [-0.1, -0.05) is 29.8 Å². The van der Waals surface area contributed by atoms with Gasteiger partial charge in [0.1, 0.15) is 5.75 Å². The van der Waals surface area contributed by atoms with Crippen molar-refractivity contribution in [1.82, 2.24) is 4.57 Å². The number of amides is 1. The molecule has 0 bridgehead atoms. The third kappa shape index (κ3) is 5.02. The van der Waals surface area contributed by atoms with E-state index >= 15 is 0 Å². The number of carbonyl (C=O) groups excluding carboxylic acids is 1. The van der Waals surface area contributed by atoms with Crippen molar-refractivity contribution in [2.45, 2.75) is 6.54 Å². The minimum absolute atomic E-state index is 0.0439. The number of aromatic nitrogens is 1. The predicted octanol–water partition coefficient (Wildman–Crippen LogP) is 3.67. The lowest BCUT2D eigenvalue weighted by Crippen LogP contribution is -2.19. The molecular formula is C18H14ClN3O4S. The summed E-state index contributed by atoms with van der Waals surface area (Å²) in [6, 6.07) is 13.0. The van der Waals surface area contributed by atoms with Gasteiger partial charge in [-0.3, -0.25) is 14.9 Å². The van der Waals surface area contributed by atoms with Gasteiger partial charge in [-0.05, 0) is 23.8 Å². The molecule has 0 atom stereocenters. The highest BCUT2D eigenvalue weighted by molar-refractivity contribution is 7.07. The van der Waals surface area contributed by atoms with Crippen molar-refractivity contribution in [2.75, 3.05) is 6.61 Å². The molecule has 27 heavy (non-hydrogen) atoms. The number of thiazole rings is 1. The number of hydrogen-bond acceptors (Lipinski definition) is 5. The summed E-state index contributed by atoms with van der Waals surface area (Å²) in [7, 11) is 0. The Morgan fingerprint density at radius 3 is 2.67 bits per heavy atom. The SMILES string of the molecule is O=C(COc1ccc([N+](=O)[O-])cc1)N=c1sccn1Cc1ccccc1Cl. The zero-order valence-corrected chi connectivity index (χ0v) is 15.5. The number of benzene rings is 2. The van der Waals surface area contributed by atoms with E-state index in [2.05, 4.69) is 4.99 Å². The highest BCUT2D eigenvalue weighted by atomic mass is 35.5. The van der Waals surface area contributed by atoms with E-state index in [0.717, 1.165) is 5.56 Å². The van der Waals surface area contributed by atoms with Gasteiger partial charge < -0.3 is 9.30 Å². The predicted molar refractivity (Wildman–Crippen MR) is 102 cm³/mol. The second-order valence-corrected chi connectivity index (χ2v) is 6.73. The van der Waals surface area contributed by atoms with Gasteiger partial charge >= 0.3 is 0 Å². The zero-order valence-electron chi connectivity index (χ0n) is 13.9. The second-order valence-electron chi connectivity index (χ2n) is 5.45. The molecule has 0 spiro atoms. The Bertz CT molecular complexity index is 1030. The molecule has 0 aliphatic carbocycles. The average molecular weight is 404 g/mol. The Hall–Kier alpha value is -2.97. The van der Waals surface area contributed by atoms with E-state index in [1.54, 1.807) is 0 Å². The molecule has 0 N–H and O–H groups in total. The molecule has 3 aromatic rings. The van der Waals surface area contributed by atoms with Crippen LogP contribution in [0, 0.1) is 10.1 Å². The van der Waals surface area contributed by atoms with Gasteiger partial charge in [0.05, 0.1) is 11.5 Å². The number of hydrogen-bond donors (Lipinski definition) is 0. The van der Waals surface area contributed by atoms with Crippen molar-refractivity contribution in [3.05, 3.63) is 85.6 Å². The molecule has 1 aromatic heterocycles. The number of rotatable bonds is 6. The Labute approximate surface area is 163 Å². The monoisotopic (exact) mass is 403 g/mol. The van der Waals surface area contributed by atoms with E-state index in [1.807, 2.05) is 40.4 Å². The van der Waals surface area contributed by atoms with Gasteiger partial charge in [-0.25, -0.2) is 0 Å². The van der Waals surface area contributed by atoms with Crippen LogP contribution in [-0.2, 0) is 11.3 Å². The molecule has 138 valence electrons. The summed E-state index contributed by atoms with van der Waals surface area (Å²) in [6.45, 7) is 0.236. The highest BCUT2D eigenvalue weighted by Gasteiger charge is 2.07. The molecule has 3 rings (SSSR count). The maximum atomic E-state index is 12.1. The van der Waals surface area contributed by atoms with E-state index in [1.165, 1.54) is 35.6 Å². The summed E-state index contributed by atoms with van der Waals surface area (Å²) in [4.78, 5) is 26.8. The maximum Gasteiger partial charge on any atom is 0.286 e. The van der Waals surface area contributed by atoms with Crippen LogP contribution >= 0.6 is 22.9 Å². The van der Waals surface area contributed by atoms with E-state index < -0.39 is 10.8 Å². The summed E-state index contributed by atoms with van der Waals surface area (Å²) in [6.07, 6.45) is 1.83. The third-order valence-corrected chi connectivity index (χ3v) is 4.75. The topological polar surface area (TPSA) is 86.7 Å². The molecule has 9 heteroatoms. The van der Waals surface area contributed by atoms with Gasteiger partial charge in [-0.2, -0.15) is 4.99 Å². The Kier molecular flexibility index (Phi) is 6.00. The first kappa shape index (κ1) is 18.8. The van der Waals surface area contributed by atoms with Gasteiger partial charge in [-0.15, -0.1) is 11.3 Å². The lowest BCUT2D eigenvalue weighted by atomic mass is 10.2. The molecule has 0 unspecified atom stereocenters. The molecule has 1 amide bonds. The third-order valence-electron chi connectivity index (χ3n) is 3.59. The summed E-state index contributed by atoms with van der Waals surface area (Å²) in [5.41, 5.74) is 0.881. The van der Waals surface area contributed by atoms with Gasteiger partial charge in [0.15, 0.2) is 11.4 Å². The highest BCUT2D eigenvalue weighted by Crippen LogP contribution is 2.17. The minimum atomic E-state index is -0.501. The lowest BCUT2D eigenvalue weighted by molar-refractivity contribution is -0.384. The van der Waals surface area contributed by atoms with Crippen molar-refractivity contribution in [3.63, 3.8) is 0 Å². The number of nitro benzene ring substituents is 1. The van der Waals surface area contributed by atoms with Crippen LogP contribution in [0.2, 0.25) is 5.02 Å². The smallest absolute Gasteiger partial charge is 0.286 e. The summed E-state index contributed by atoms with van der Waals surface area (Å²) in [5.74, 6) is -0.0945. The zero-order chi connectivity index (χ0) is 19.2. The summed E-state index contributed by atoms with van der Waals surface area (Å²) >= 11 is 7.51. The fourth-order valence-corrected chi connectivity index (χ4v) is 3.21. The standard InChI is InChI=1S/C18H14ClN3O4S/c19-16-4-2-1-3-13(16)11-21-9-10-27-18(21)20-17(23)12-26-15-7-5-14(6-8-15)22(24)25/h1-10H,11-12H2. The first-order chi connectivity index (χ1) is 13.0. The van der Waals surface area contributed by atoms with Crippen LogP contribution in [0.4, 0.5) is 5.69 Å². The van der Waals surface area contributed by atoms with Crippen molar-refractivity contribution < 1.29 is 14.5 Å². The van der Waals surface area contributed by atoms with Crippen LogP contribution in [0.15, 0.2) is 65.1 Å². The van der Waals surface area contributed by atoms with Crippen LogP contribution in [0.3, 0.4) is 0 Å². The molecular weight excluding hydrogens is 390 g/mol. The maximum absolute atomic E-state index is 12.1. The quantitative estimate of drug-likeness (QED) is 0.464. The van der Waals surface area contributed by atoms with Gasteiger partial charge in [0.25, 0.3) is 11.6 Å². The van der Waals surface area contributed by atoms with E-state index in [9.17, 15) is 14.9 Å². The number of ether oxygens (including phenoxy) is 1. The molecule has 0 saturated heterocycles. The molecule has 0 aliphatic rings. The van der Waals surface area contributed by atoms with Crippen molar-refractivity contribution in [3.8, 4) is 5.75 Å². The molecule has 1 heterocycles. The molecule has 0 fully saturated rings. The number of nitrogens with zero attached hydrogens (tertiary/aromatic N) is 3. The van der Waals surface area contributed by atoms with Crippen LogP contribution in [0.1, 0.15) is 5.56 Å². The fraction of sp³-hybridized carbons (Fsp3) is 0.111. The lowest BCUT2D eigenvalue weighted by Gasteiger charge is -2.05. The number of non-ortho nitro benzene ring substituents is 1. The van der Waals surface area contributed by atoms with E-state index in [0.29, 0.717) is 22.1 Å². The van der Waals surface area contributed by atoms with Crippen LogP contribution in [-0.4, -0.2) is 22.0 Å². The first-order valence-corrected chi connectivity index (χ1v) is 9.11. The largest absolute Gasteiger partial charge is 0.484 e. The first-order valence-electron chi connectivity index (χ1n) is 7.85. The molecule has 7 nitrogen and oxygen atoms in total. The summed E-state index contributed by atoms with van der Waals surface area (Å²) in [5, 5.41) is 13.1. The van der Waals surface area contributed by atoms with Crippen molar-refractivity contribution >= 4 is 34.5 Å². The Morgan fingerprint density at radius 2 is 1.96 bits per heavy atom. The second kappa shape index (κ2) is 8.61. The van der Waals surface area contributed by atoms with Crippen LogP contribution in [0.25, 0.3) is 0 Å². The number of halogens is 1. The minimum Gasteiger partial charge on any atom is -0.484 e. The number of carbonyl (C=O) groups is 1. The number of nitro groups is 1. The van der Waals surface area contributed by atoms with E-state index in [-0.39, 0.29) is 12.3 Å². The van der Waals surface area contributed by atoms with Crippen LogP contribution in [0.5, 0.6) is 5.75 Å².